The zero-order chi connectivity index (χ0) is 11.0. The molecular formula is C13H17NO2. The van der Waals surface area contributed by atoms with Gasteiger partial charge in [-0.15, -0.1) is 0 Å². The number of nitrogens with zero attached hydrogens (tertiary/aromatic N) is 1. The highest BCUT2D eigenvalue weighted by Gasteiger charge is 2.29. The van der Waals surface area contributed by atoms with Crippen LogP contribution in [-0.2, 0) is 4.79 Å². The molecule has 0 unspecified atom stereocenters. The molecule has 2 fully saturated rings. The monoisotopic (exact) mass is 219 g/mol. The van der Waals surface area contributed by atoms with Crippen LogP contribution in [0, 0.1) is 5.92 Å². The Kier molecular flexibility index (Phi) is 2.46. The predicted octanol–water partition coefficient (Wildman–Crippen LogP) is 2.51. The summed E-state index contributed by atoms with van der Waals surface area (Å²) in [5, 5.41) is 0. The summed E-state index contributed by atoms with van der Waals surface area (Å²) >= 11 is 0. The van der Waals surface area contributed by atoms with Gasteiger partial charge in [-0.3, -0.25) is 0 Å². The van der Waals surface area contributed by atoms with E-state index in [0.29, 0.717) is 5.92 Å². The Morgan fingerprint density at radius 1 is 1.25 bits per heavy atom. The Labute approximate surface area is 95.4 Å². The Bertz CT molecular complexity index is 386. The molecule has 2 saturated carbocycles. The summed E-state index contributed by atoms with van der Waals surface area (Å²) in [6.07, 6.45) is 8.63. The maximum Gasteiger partial charge on any atom is 0.335 e. The highest BCUT2D eigenvalue weighted by molar-refractivity contribution is 5.73. The van der Waals surface area contributed by atoms with Crippen LogP contribution in [0.5, 0.6) is 0 Å². The summed E-state index contributed by atoms with van der Waals surface area (Å²) in [6, 6.07) is 4.01. The molecule has 0 spiro atoms. The molecule has 0 aliphatic heterocycles. The molecule has 16 heavy (non-hydrogen) atoms. The van der Waals surface area contributed by atoms with E-state index in [0.717, 1.165) is 18.5 Å². The van der Waals surface area contributed by atoms with Gasteiger partial charge in [0.05, 0.1) is 11.6 Å². The highest BCUT2D eigenvalue weighted by Crippen LogP contribution is 2.40. The summed E-state index contributed by atoms with van der Waals surface area (Å²) < 4.78 is 1.68. The first-order valence-corrected chi connectivity index (χ1v) is 6.24. The van der Waals surface area contributed by atoms with Crippen molar-refractivity contribution in [3.63, 3.8) is 0 Å². The zero-order valence-corrected chi connectivity index (χ0v) is 9.39. The van der Waals surface area contributed by atoms with Gasteiger partial charge >= 0.3 is 5.97 Å². The fourth-order valence-electron chi connectivity index (χ4n) is 2.49. The molecule has 0 N–H and O–H groups in total. The molecule has 1 aromatic heterocycles. The van der Waals surface area contributed by atoms with Crippen molar-refractivity contribution < 1.29 is 9.63 Å². The molecule has 3 nitrogen and oxygen atoms in total. The molecular weight excluding hydrogens is 202 g/mol. The minimum absolute atomic E-state index is 0.0457. The van der Waals surface area contributed by atoms with E-state index in [9.17, 15) is 4.79 Å². The molecule has 0 saturated heterocycles. The van der Waals surface area contributed by atoms with Crippen LogP contribution in [0.1, 0.15) is 50.1 Å². The summed E-state index contributed by atoms with van der Waals surface area (Å²) in [5.74, 6) is 0.705. The van der Waals surface area contributed by atoms with Crippen LogP contribution >= 0.6 is 0 Å². The predicted molar refractivity (Wildman–Crippen MR) is 60.0 cm³/mol. The largest absolute Gasteiger partial charge is 0.337 e. The number of aromatic nitrogens is 1. The van der Waals surface area contributed by atoms with Crippen molar-refractivity contribution in [2.24, 2.45) is 5.92 Å². The van der Waals surface area contributed by atoms with Gasteiger partial charge in [0.25, 0.3) is 0 Å². The molecule has 2 aliphatic rings. The van der Waals surface area contributed by atoms with Crippen LogP contribution in [0.2, 0.25) is 0 Å². The number of carbonyl (C=O) groups excluding carboxylic acids is 1. The lowest BCUT2D eigenvalue weighted by Crippen LogP contribution is -2.26. The van der Waals surface area contributed by atoms with E-state index in [2.05, 4.69) is 6.07 Å². The Hall–Kier alpha value is -1.25. The molecule has 0 radical (unpaired) electrons. The molecule has 86 valence electrons. The quantitative estimate of drug-likeness (QED) is 0.782. The van der Waals surface area contributed by atoms with Gasteiger partial charge in [-0.05, 0) is 37.8 Å². The van der Waals surface area contributed by atoms with Crippen molar-refractivity contribution in [2.75, 3.05) is 0 Å². The Balaban J connectivity index is 1.68. The van der Waals surface area contributed by atoms with Crippen molar-refractivity contribution in [1.82, 2.24) is 4.73 Å². The van der Waals surface area contributed by atoms with Gasteiger partial charge in [0.2, 0.25) is 0 Å². The zero-order valence-electron chi connectivity index (χ0n) is 9.39. The second-order valence-electron chi connectivity index (χ2n) is 4.92. The molecule has 2 aliphatic carbocycles. The highest BCUT2D eigenvalue weighted by atomic mass is 16.7. The van der Waals surface area contributed by atoms with E-state index in [1.54, 1.807) is 4.73 Å². The molecule has 0 bridgehead atoms. The first-order chi connectivity index (χ1) is 7.84. The van der Waals surface area contributed by atoms with E-state index in [1.165, 1.54) is 25.7 Å². The van der Waals surface area contributed by atoms with Crippen LogP contribution in [0.4, 0.5) is 0 Å². The van der Waals surface area contributed by atoms with Gasteiger partial charge < -0.3 is 4.84 Å². The fraction of sp³-hybridized carbons (Fsp3) is 0.615. The van der Waals surface area contributed by atoms with Crippen molar-refractivity contribution in [3.8, 4) is 0 Å². The summed E-state index contributed by atoms with van der Waals surface area (Å²) in [7, 11) is 0. The summed E-state index contributed by atoms with van der Waals surface area (Å²) in [5.41, 5.74) is 1.16. The first-order valence-electron chi connectivity index (χ1n) is 6.24. The number of carbonyl (C=O) groups is 1. The van der Waals surface area contributed by atoms with E-state index < -0.39 is 0 Å². The number of hydrogen-bond acceptors (Lipinski definition) is 2. The van der Waals surface area contributed by atoms with Gasteiger partial charge in [0.1, 0.15) is 0 Å². The minimum Gasteiger partial charge on any atom is -0.337 e. The van der Waals surface area contributed by atoms with Gasteiger partial charge in [0, 0.05) is 12.1 Å². The van der Waals surface area contributed by atoms with E-state index in [-0.39, 0.29) is 11.9 Å². The topological polar surface area (TPSA) is 31.2 Å². The molecule has 0 aromatic carbocycles. The molecule has 1 aromatic rings. The third-order valence-electron chi connectivity index (χ3n) is 3.62. The molecule has 3 rings (SSSR count). The van der Waals surface area contributed by atoms with Crippen LogP contribution in [-0.4, -0.2) is 10.7 Å². The SMILES string of the molecule is O=C(On1cccc1C1CC1)C1CCCC1. The number of rotatable bonds is 3. The van der Waals surface area contributed by atoms with Crippen LogP contribution in [0.25, 0.3) is 0 Å². The normalized spacial score (nSPS) is 21.2. The summed E-state index contributed by atoms with van der Waals surface area (Å²) in [4.78, 5) is 17.3. The third-order valence-corrected chi connectivity index (χ3v) is 3.62. The van der Waals surface area contributed by atoms with E-state index in [4.69, 9.17) is 4.84 Å². The van der Waals surface area contributed by atoms with Gasteiger partial charge in [0.15, 0.2) is 0 Å². The second-order valence-corrected chi connectivity index (χ2v) is 4.92. The summed E-state index contributed by atoms with van der Waals surface area (Å²) in [6.45, 7) is 0. The van der Waals surface area contributed by atoms with E-state index in [1.807, 2.05) is 12.3 Å². The van der Waals surface area contributed by atoms with Gasteiger partial charge in [-0.25, -0.2) is 4.79 Å². The van der Waals surface area contributed by atoms with Crippen molar-refractivity contribution in [1.29, 1.82) is 0 Å². The van der Waals surface area contributed by atoms with Gasteiger partial charge in [-0.2, -0.15) is 4.73 Å². The van der Waals surface area contributed by atoms with Crippen molar-refractivity contribution in [3.05, 3.63) is 24.0 Å². The molecule has 0 atom stereocenters. The lowest BCUT2D eigenvalue weighted by atomic mass is 10.1. The van der Waals surface area contributed by atoms with Gasteiger partial charge in [-0.1, -0.05) is 12.8 Å². The molecule has 0 amide bonds. The third kappa shape index (κ3) is 1.86. The maximum absolute atomic E-state index is 11.9. The van der Waals surface area contributed by atoms with Crippen molar-refractivity contribution >= 4 is 5.97 Å². The Morgan fingerprint density at radius 3 is 2.69 bits per heavy atom. The smallest absolute Gasteiger partial charge is 0.335 e. The van der Waals surface area contributed by atoms with Crippen molar-refractivity contribution in [2.45, 2.75) is 44.4 Å². The average molecular weight is 219 g/mol. The number of hydrogen-bond donors (Lipinski definition) is 0. The Morgan fingerprint density at radius 2 is 2.00 bits per heavy atom. The second kappa shape index (κ2) is 3.96. The van der Waals surface area contributed by atoms with E-state index >= 15 is 0 Å². The van der Waals surface area contributed by atoms with Crippen LogP contribution in [0.15, 0.2) is 18.3 Å². The standard InChI is InChI=1S/C13H17NO2/c15-13(11-4-1-2-5-11)16-14-9-3-6-12(14)10-7-8-10/h3,6,9-11H,1-2,4-5,7-8H2. The lowest BCUT2D eigenvalue weighted by molar-refractivity contribution is -0.149. The molecule has 3 heteroatoms. The lowest BCUT2D eigenvalue weighted by Gasteiger charge is -2.11. The molecule has 1 heterocycles. The maximum atomic E-state index is 11.9. The van der Waals surface area contributed by atoms with Crippen LogP contribution < -0.4 is 4.84 Å². The van der Waals surface area contributed by atoms with Crippen LogP contribution in [0.3, 0.4) is 0 Å². The minimum atomic E-state index is -0.0457. The fourth-order valence-corrected chi connectivity index (χ4v) is 2.49. The first kappa shape index (κ1) is 9.94. The average Bonchev–Trinajstić information content (AvgIpc) is 2.83.